The van der Waals surface area contributed by atoms with Crippen LogP contribution in [0.3, 0.4) is 0 Å². The molecule has 4 nitrogen and oxygen atoms in total. The average molecular weight is 397 g/mol. The summed E-state index contributed by atoms with van der Waals surface area (Å²) in [7, 11) is -0.0316. The zero-order valence-corrected chi connectivity index (χ0v) is 19.8. The van der Waals surface area contributed by atoms with Crippen LogP contribution in [0.2, 0.25) is 18.1 Å². The van der Waals surface area contributed by atoms with Gasteiger partial charge in [-0.05, 0) is 58.2 Å². The van der Waals surface area contributed by atoms with Gasteiger partial charge in [0, 0.05) is 7.11 Å². The van der Waals surface area contributed by atoms with Crippen LogP contribution >= 0.6 is 0 Å². The van der Waals surface area contributed by atoms with Crippen molar-refractivity contribution in [2.75, 3.05) is 13.7 Å². The number of hydrogen-bond donors (Lipinski definition) is 0. The Morgan fingerprint density at radius 1 is 1.26 bits per heavy atom. The first-order valence-electron chi connectivity index (χ1n) is 10.5. The molecular weight excluding hydrogens is 356 g/mol. The fourth-order valence-electron chi connectivity index (χ4n) is 4.63. The third kappa shape index (κ3) is 3.95. The van der Waals surface area contributed by atoms with Crippen LogP contribution in [0.4, 0.5) is 0 Å². The molecule has 0 radical (unpaired) electrons. The van der Waals surface area contributed by atoms with Crippen molar-refractivity contribution in [2.24, 2.45) is 5.92 Å². The van der Waals surface area contributed by atoms with Gasteiger partial charge in [0.15, 0.2) is 8.32 Å². The molecule has 6 atom stereocenters. The monoisotopic (exact) mass is 396 g/mol. The van der Waals surface area contributed by atoms with Crippen LogP contribution in [0.15, 0.2) is 11.6 Å². The Morgan fingerprint density at radius 2 is 1.89 bits per heavy atom. The molecule has 27 heavy (non-hydrogen) atoms. The highest BCUT2D eigenvalue weighted by Gasteiger charge is 2.72. The summed E-state index contributed by atoms with van der Waals surface area (Å²) >= 11 is 0. The number of ether oxygens (including phenoxy) is 3. The smallest absolute Gasteiger partial charge is 0.192 e. The molecule has 0 unspecified atom stereocenters. The maximum absolute atomic E-state index is 6.85. The molecule has 0 amide bonds. The first kappa shape index (κ1) is 21.5. The molecule has 3 rings (SSSR count). The Morgan fingerprint density at radius 3 is 2.37 bits per heavy atom. The van der Waals surface area contributed by atoms with Crippen molar-refractivity contribution < 1.29 is 18.6 Å². The molecule has 0 aromatic heterocycles. The van der Waals surface area contributed by atoms with E-state index in [1.807, 2.05) is 7.11 Å². The minimum absolute atomic E-state index is 0.0251. The van der Waals surface area contributed by atoms with Gasteiger partial charge in [0.1, 0.15) is 5.60 Å². The normalized spacial score (nSPS) is 41.5. The van der Waals surface area contributed by atoms with Gasteiger partial charge in [-0.25, -0.2) is 0 Å². The van der Waals surface area contributed by atoms with Gasteiger partial charge in [-0.3, -0.25) is 0 Å². The average Bonchev–Trinajstić information content (AvgIpc) is 3.44. The molecular formula is C22H40O4Si. The maximum Gasteiger partial charge on any atom is 0.192 e. The Kier molecular flexibility index (Phi) is 5.53. The number of epoxide rings is 2. The Balaban J connectivity index is 1.81. The molecule has 0 bridgehead atoms. The van der Waals surface area contributed by atoms with E-state index in [4.69, 9.17) is 18.6 Å². The first-order valence-corrected chi connectivity index (χ1v) is 13.4. The second-order valence-corrected chi connectivity index (χ2v) is 15.6. The van der Waals surface area contributed by atoms with E-state index < -0.39 is 8.32 Å². The van der Waals surface area contributed by atoms with Crippen molar-refractivity contribution in [1.29, 1.82) is 0 Å². The summed E-state index contributed by atoms with van der Waals surface area (Å²) in [4.78, 5) is 0. The van der Waals surface area contributed by atoms with Gasteiger partial charge < -0.3 is 18.6 Å². The highest BCUT2D eigenvalue weighted by Crippen LogP contribution is 2.60. The number of allylic oxidation sites excluding steroid dienone is 1. The van der Waals surface area contributed by atoms with Crippen molar-refractivity contribution >= 4 is 8.32 Å². The number of hydrogen-bond acceptors (Lipinski definition) is 4. The summed E-state index contributed by atoms with van der Waals surface area (Å²) in [5.41, 5.74) is 1.09. The Labute approximate surface area is 167 Å². The molecule has 5 heteroatoms. The van der Waals surface area contributed by atoms with E-state index >= 15 is 0 Å². The predicted molar refractivity (Wildman–Crippen MR) is 112 cm³/mol. The molecule has 3 aliphatic rings. The molecule has 2 heterocycles. The van der Waals surface area contributed by atoms with Crippen LogP contribution in [0.5, 0.6) is 0 Å². The van der Waals surface area contributed by atoms with E-state index in [0.717, 1.165) is 25.9 Å². The van der Waals surface area contributed by atoms with Gasteiger partial charge in [0.2, 0.25) is 0 Å². The van der Waals surface area contributed by atoms with Gasteiger partial charge >= 0.3 is 0 Å². The highest BCUT2D eigenvalue weighted by atomic mass is 28.4. The van der Waals surface area contributed by atoms with Crippen molar-refractivity contribution in [3.63, 3.8) is 0 Å². The zero-order chi connectivity index (χ0) is 20.3. The summed E-state index contributed by atoms with van der Waals surface area (Å²) in [6, 6.07) is 0. The number of rotatable bonds is 6. The van der Waals surface area contributed by atoms with Crippen molar-refractivity contribution in [1.82, 2.24) is 0 Å². The summed E-state index contributed by atoms with van der Waals surface area (Å²) in [5.74, 6) is 0.231. The van der Waals surface area contributed by atoms with Gasteiger partial charge in [0.05, 0.1) is 36.4 Å². The first-order chi connectivity index (χ1) is 12.4. The standard InChI is InChI=1S/C22H40O4Si/c1-15(2)10-11-17-21(6,25-17)19-18(23-7)16(12-13-22(19)14-24-22)26-27(8,9)20(3,4)5/h10,16-19H,11-14H2,1-9H3/t16-,17-,18-,19-,21+,22+/m1/s1. The molecule has 1 spiro atoms. The molecule has 156 valence electrons. The van der Waals surface area contributed by atoms with Crippen molar-refractivity contribution in [3.8, 4) is 0 Å². The largest absolute Gasteiger partial charge is 0.411 e. The lowest BCUT2D eigenvalue weighted by molar-refractivity contribution is -0.111. The Bertz CT molecular complexity index is 586. The number of methoxy groups -OCH3 is 1. The lowest BCUT2D eigenvalue weighted by atomic mass is 9.68. The highest BCUT2D eigenvalue weighted by molar-refractivity contribution is 6.74. The second kappa shape index (κ2) is 6.94. The summed E-state index contributed by atoms with van der Waals surface area (Å²) in [5, 5.41) is 0.192. The zero-order valence-electron chi connectivity index (χ0n) is 18.8. The molecule has 0 aromatic carbocycles. The molecule has 3 fully saturated rings. The fraction of sp³-hybridized carbons (Fsp3) is 0.909. The summed E-state index contributed by atoms with van der Waals surface area (Å²) in [6.45, 7) is 18.9. The van der Waals surface area contributed by atoms with Crippen molar-refractivity contribution in [2.45, 2.75) is 108 Å². The van der Waals surface area contributed by atoms with Crippen molar-refractivity contribution in [3.05, 3.63) is 11.6 Å². The fourth-order valence-corrected chi connectivity index (χ4v) is 5.99. The van der Waals surface area contributed by atoms with E-state index in [9.17, 15) is 0 Å². The topological polar surface area (TPSA) is 43.5 Å². The van der Waals surface area contributed by atoms with Crippen LogP contribution in [0, 0.1) is 5.92 Å². The predicted octanol–water partition coefficient (Wildman–Crippen LogP) is 5.08. The summed E-state index contributed by atoms with van der Waals surface area (Å²) < 4.78 is 25.3. The quantitative estimate of drug-likeness (QED) is 0.356. The van der Waals surface area contributed by atoms with Crippen LogP contribution in [0.1, 0.15) is 60.8 Å². The SMILES string of the molecule is CO[C@@H]1[C@H](O[Si](C)(C)C(C)(C)C)CC[C@]2(CO2)[C@H]1[C@@]1(C)O[C@@H]1CC=C(C)C. The van der Waals surface area contributed by atoms with Crippen LogP contribution in [-0.4, -0.2) is 51.5 Å². The Hall–Kier alpha value is -0.203. The van der Waals surface area contributed by atoms with Crippen LogP contribution < -0.4 is 0 Å². The minimum Gasteiger partial charge on any atom is -0.411 e. The van der Waals surface area contributed by atoms with E-state index in [1.165, 1.54) is 5.57 Å². The van der Waals surface area contributed by atoms with Gasteiger partial charge in [-0.2, -0.15) is 0 Å². The maximum atomic E-state index is 6.85. The lowest BCUT2D eigenvalue weighted by Crippen LogP contribution is -2.58. The van der Waals surface area contributed by atoms with Gasteiger partial charge in [-0.1, -0.05) is 32.4 Å². The van der Waals surface area contributed by atoms with Crippen LogP contribution in [0.25, 0.3) is 0 Å². The molecule has 2 saturated heterocycles. The molecule has 0 aromatic rings. The third-order valence-corrected chi connectivity index (χ3v) is 12.0. The third-order valence-electron chi connectivity index (χ3n) is 7.49. The molecule has 1 aliphatic carbocycles. The van der Waals surface area contributed by atoms with E-state index in [2.05, 4.69) is 60.7 Å². The molecule has 1 saturated carbocycles. The van der Waals surface area contributed by atoms with Gasteiger partial charge in [0.25, 0.3) is 0 Å². The van der Waals surface area contributed by atoms with Crippen LogP contribution in [-0.2, 0) is 18.6 Å². The summed E-state index contributed by atoms with van der Waals surface area (Å²) in [6.07, 6.45) is 5.71. The van der Waals surface area contributed by atoms with E-state index in [1.54, 1.807) is 0 Å². The van der Waals surface area contributed by atoms with E-state index in [0.29, 0.717) is 0 Å². The molecule has 0 N–H and O–H groups in total. The van der Waals surface area contributed by atoms with E-state index in [-0.39, 0.29) is 40.5 Å². The molecule has 2 aliphatic heterocycles. The van der Waals surface area contributed by atoms with Gasteiger partial charge in [-0.15, -0.1) is 0 Å². The second-order valence-electron chi connectivity index (χ2n) is 10.8. The minimum atomic E-state index is -1.86. The lowest BCUT2D eigenvalue weighted by Gasteiger charge is -2.47.